The summed E-state index contributed by atoms with van der Waals surface area (Å²) < 4.78 is 42.2. The van der Waals surface area contributed by atoms with Gasteiger partial charge in [0.2, 0.25) is 0 Å². The fourth-order valence-electron chi connectivity index (χ4n) is 4.83. The number of thiophene rings is 1. The largest absolute Gasteiger partial charge is 0.446 e. The molecule has 0 saturated carbocycles. The van der Waals surface area contributed by atoms with Crippen LogP contribution < -0.4 is 0 Å². The molecule has 0 spiro atoms. The van der Waals surface area contributed by atoms with Crippen LogP contribution >= 0.6 is 23.1 Å². The molecule has 5 rings (SSSR count). The molecule has 1 nitrogen and oxygen atoms in total. The third kappa shape index (κ3) is 4.91. The van der Waals surface area contributed by atoms with Gasteiger partial charge in [-0.1, -0.05) is 68.3 Å². The van der Waals surface area contributed by atoms with Crippen LogP contribution in [-0.4, -0.2) is 10.5 Å². The zero-order valence-corrected chi connectivity index (χ0v) is 21.9. The van der Waals surface area contributed by atoms with Gasteiger partial charge in [0.1, 0.15) is 0 Å². The average Bonchev–Trinajstić information content (AvgIpc) is 3.11. The highest BCUT2D eigenvalue weighted by Crippen LogP contribution is 2.48. The fourth-order valence-corrected chi connectivity index (χ4v) is 6.93. The predicted molar refractivity (Wildman–Crippen MR) is 145 cm³/mol. The van der Waals surface area contributed by atoms with Crippen LogP contribution in [0.1, 0.15) is 37.5 Å². The van der Waals surface area contributed by atoms with Crippen LogP contribution in [0.3, 0.4) is 0 Å². The molecule has 0 bridgehead atoms. The molecule has 2 heterocycles. The molecule has 3 aromatic carbocycles. The minimum Gasteiger partial charge on any atom is -0.254 e. The summed E-state index contributed by atoms with van der Waals surface area (Å²) in [4.78, 5) is 4.71. The first kappa shape index (κ1) is 24.1. The molecule has 6 heteroatoms. The number of fused-ring (bicyclic) bond motifs is 5. The molecule has 180 valence electrons. The summed E-state index contributed by atoms with van der Waals surface area (Å²) in [6, 6.07) is 16.7. The van der Waals surface area contributed by atoms with E-state index in [0.29, 0.717) is 5.39 Å². The maximum Gasteiger partial charge on any atom is 0.446 e. The summed E-state index contributed by atoms with van der Waals surface area (Å²) in [5.74, 6) is 0. The number of hydrogen-bond donors (Lipinski definition) is 0. The van der Waals surface area contributed by atoms with Gasteiger partial charge in [0.25, 0.3) is 0 Å². The molecule has 0 saturated heterocycles. The van der Waals surface area contributed by atoms with Crippen molar-refractivity contribution in [3.8, 4) is 11.3 Å². The van der Waals surface area contributed by atoms with Gasteiger partial charge in [0, 0.05) is 32.1 Å². The van der Waals surface area contributed by atoms with Crippen molar-refractivity contribution >= 4 is 54.0 Å². The molecule has 0 fully saturated rings. The van der Waals surface area contributed by atoms with Crippen LogP contribution in [-0.2, 0) is 6.42 Å². The second-order valence-corrected chi connectivity index (χ2v) is 12.6. The summed E-state index contributed by atoms with van der Waals surface area (Å²) in [7, 11) is 0. The number of halogens is 3. The molecule has 35 heavy (non-hydrogen) atoms. The zero-order chi connectivity index (χ0) is 25.1. The number of hydrogen-bond acceptors (Lipinski definition) is 3. The van der Waals surface area contributed by atoms with E-state index in [2.05, 4.69) is 50.0 Å². The average molecular weight is 510 g/mol. The smallest absolute Gasteiger partial charge is 0.254 e. The second kappa shape index (κ2) is 8.52. The number of pyridine rings is 1. The highest BCUT2D eigenvalue weighted by molar-refractivity contribution is 8.00. The minimum absolute atomic E-state index is 0.0817. The Morgan fingerprint density at radius 2 is 1.54 bits per heavy atom. The van der Waals surface area contributed by atoms with Gasteiger partial charge >= 0.3 is 5.51 Å². The molecule has 0 atom stereocenters. The highest BCUT2D eigenvalue weighted by atomic mass is 32.2. The number of alkyl halides is 3. The molecule has 0 unspecified atom stereocenters. The molecule has 2 aromatic heterocycles. The van der Waals surface area contributed by atoms with Crippen molar-refractivity contribution < 1.29 is 13.2 Å². The van der Waals surface area contributed by atoms with Crippen LogP contribution in [0, 0.1) is 19.3 Å². The third-order valence-corrected chi connectivity index (χ3v) is 7.97. The molecule has 0 aliphatic heterocycles. The van der Waals surface area contributed by atoms with Crippen molar-refractivity contribution in [1.82, 2.24) is 4.98 Å². The highest BCUT2D eigenvalue weighted by Gasteiger charge is 2.31. The van der Waals surface area contributed by atoms with Gasteiger partial charge in [-0.05, 0) is 65.9 Å². The Hall–Kier alpha value is -2.57. The van der Waals surface area contributed by atoms with Gasteiger partial charge in [-0.25, -0.2) is 0 Å². The van der Waals surface area contributed by atoms with Crippen LogP contribution in [0.25, 0.3) is 42.2 Å². The van der Waals surface area contributed by atoms with E-state index in [1.54, 1.807) is 11.3 Å². The van der Waals surface area contributed by atoms with Gasteiger partial charge in [-0.15, -0.1) is 11.3 Å². The fraction of sp³-hybridized carbons (Fsp3) is 0.276. The first-order chi connectivity index (χ1) is 16.4. The molecule has 0 N–H and O–H groups in total. The number of aromatic nitrogens is 1. The number of aryl methyl sites for hydroxylation is 2. The molecular formula is C29H26F3NS2. The Labute approximate surface area is 211 Å². The minimum atomic E-state index is -4.39. The summed E-state index contributed by atoms with van der Waals surface area (Å²) in [6.45, 7) is 10.7. The van der Waals surface area contributed by atoms with Gasteiger partial charge in [0.15, 0.2) is 0 Å². The van der Waals surface area contributed by atoms with E-state index in [0.717, 1.165) is 54.4 Å². The molecule has 0 radical (unpaired) electrons. The topological polar surface area (TPSA) is 12.9 Å². The molecule has 0 amide bonds. The van der Waals surface area contributed by atoms with E-state index in [1.165, 1.54) is 11.8 Å². The summed E-state index contributed by atoms with van der Waals surface area (Å²) in [6.07, 6.45) is 2.34. The maximum absolute atomic E-state index is 13.5. The Morgan fingerprint density at radius 3 is 2.20 bits per heavy atom. The monoisotopic (exact) mass is 509 g/mol. The van der Waals surface area contributed by atoms with Crippen molar-refractivity contribution in [2.45, 2.75) is 51.4 Å². The number of rotatable bonds is 3. The van der Waals surface area contributed by atoms with Crippen LogP contribution in [0.5, 0.6) is 0 Å². The van der Waals surface area contributed by atoms with Gasteiger partial charge in [-0.3, -0.25) is 4.98 Å². The zero-order valence-electron chi connectivity index (χ0n) is 20.3. The first-order valence-corrected chi connectivity index (χ1v) is 13.1. The van der Waals surface area contributed by atoms with E-state index < -0.39 is 5.51 Å². The number of thioether (sulfide) groups is 1. The maximum atomic E-state index is 13.5. The Kier molecular flexibility index (Phi) is 5.88. The van der Waals surface area contributed by atoms with Crippen molar-refractivity contribution in [1.29, 1.82) is 0 Å². The van der Waals surface area contributed by atoms with E-state index in [1.807, 2.05) is 38.1 Å². The van der Waals surface area contributed by atoms with Crippen molar-refractivity contribution in [2.24, 2.45) is 5.41 Å². The third-order valence-electron chi connectivity index (χ3n) is 5.96. The lowest BCUT2D eigenvalue weighted by molar-refractivity contribution is -0.0327. The van der Waals surface area contributed by atoms with Gasteiger partial charge in [-0.2, -0.15) is 13.2 Å². The Bertz CT molecular complexity index is 1570. The van der Waals surface area contributed by atoms with Crippen LogP contribution in [0.4, 0.5) is 13.2 Å². The molecular weight excluding hydrogens is 483 g/mol. The van der Waals surface area contributed by atoms with Gasteiger partial charge < -0.3 is 0 Å². The van der Waals surface area contributed by atoms with E-state index in [9.17, 15) is 13.2 Å². The molecule has 5 aromatic rings. The van der Waals surface area contributed by atoms with E-state index in [-0.39, 0.29) is 22.1 Å². The van der Waals surface area contributed by atoms with Crippen LogP contribution in [0.15, 0.2) is 59.6 Å². The molecule has 0 aliphatic rings. The van der Waals surface area contributed by atoms with Crippen molar-refractivity contribution in [3.63, 3.8) is 0 Å². The summed E-state index contributed by atoms with van der Waals surface area (Å²) >= 11 is 1.46. The van der Waals surface area contributed by atoms with Gasteiger partial charge in [0.05, 0.1) is 10.4 Å². The van der Waals surface area contributed by atoms with Crippen molar-refractivity contribution in [2.75, 3.05) is 0 Å². The van der Waals surface area contributed by atoms with E-state index in [4.69, 9.17) is 0 Å². The lowest BCUT2D eigenvalue weighted by atomic mass is 9.87. The van der Waals surface area contributed by atoms with E-state index >= 15 is 0 Å². The molecule has 0 aliphatic carbocycles. The summed E-state index contributed by atoms with van der Waals surface area (Å²) in [5.41, 5.74) is 0.908. The number of benzene rings is 3. The summed E-state index contributed by atoms with van der Waals surface area (Å²) in [5, 5.41) is 3.66. The normalized spacial score (nSPS) is 12.8. The van der Waals surface area contributed by atoms with Crippen molar-refractivity contribution in [3.05, 3.63) is 71.4 Å². The number of nitrogens with zero attached hydrogens (tertiary/aromatic N) is 1. The first-order valence-electron chi connectivity index (χ1n) is 11.5. The van der Waals surface area contributed by atoms with Crippen LogP contribution in [0.2, 0.25) is 0 Å². The second-order valence-electron chi connectivity index (χ2n) is 10.4. The SMILES string of the molecule is Cc1cc(C)cc(-c2ncc(SC(F)(F)F)c3c2sc2c4ccc(CC(C)(C)C)cc4ccc23)c1. The quantitative estimate of drug-likeness (QED) is 0.224. The standard InChI is InChI=1S/C29H26F3NS2/c1-16-10-17(2)12-20(11-16)25-27-24(23(15-33-25)35-29(30,31)32)22-9-7-19-13-18(14-28(3,4)5)6-8-21(19)26(22)34-27/h6-13,15H,14H2,1-5H3. The lowest BCUT2D eigenvalue weighted by Crippen LogP contribution is -2.08. The Morgan fingerprint density at radius 1 is 0.857 bits per heavy atom. The lowest BCUT2D eigenvalue weighted by Gasteiger charge is -2.18. The Balaban J connectivity index is 1.81. The predicted octanol–water partition coefficient (Wildman–Crippen LogP) is 10.1.